The zero-order valence-corrected chi connectivity index (χ0v) is 19.2. The Morgan fingerprint density at radius 2 is 2.00 bits per heavy atom. The van der Waals surface area contributed by atoms with Crippen molar-refractivity contribution < 1.29 is 17.2 Å². The number of hydrogen-bond donors (Lipinski definition) is 5. The van der Waals surface area contributed by atoms with Gasteiger partial charge in [-0.3, -0.25) is 4.21 Å². The van der Waals surface area contributed by atoms with Crippen molar-refractivity contribution in [3.05, 3.63) is 30.3 Å². The van der Waals surface area contributed by atoms with E-state index in [1.54, 1.807) is 12.1 Å². The molecule has 0 spiro atoms. The Bertz CT molecular complexity index is 1470. The largest absolute Gasteiger partial charge is 0.768 e. The lowest BCUT2D eigenvalue weighted by Crippen LogP contribution is -2.30. The molecule has 33 heavy (non-hydrogen) atoms. The second-order valence-electron chi connectivity index (χ2n) is 7.12. The van der Waals surface area contributed by atoms with Crippen LogP contribution in [0.4, 0.5) is 5.13 Å². The maximum Gasteiger partial charge on any atom is 0.242 e. The van der Waals surface area contributed by atoms with Crippen molar-refractivity contribution in [2.24, 2.45) is 5.73 Å². The van der Waals surface area contributed by atoms with Crippen molar-refractivity contribution in [2.75, 3.05) is 5.73 Å². The van der Waals surface area contributed by atoms with Crippen LogP contribution in [0.2, 0.25) is 0 Å². The van der Waals surface area contributed by atoms with E-state index in [0.717, 1.165) is 4.70 Å². The molecule has 0 amide bonds. The van der Waals surface area contributed by atoms with E-state index in [4.69, 9.17) is 11.5 Å². The average molecular weight is 509 g/mol. The summed E-state index contributed by atoms with van der Waals surface area (Å²) in [5.74, 6) is -0.0837. The first-order chi connectivity index (χ1) is 15.3. The number of nitrogens with one attached hydrogen (secondary N) is 2. The highest BCUT2D eigenvalue weighted by atomic mass is 32.2. The van der Waals surface area contributed by atoms with E-state index >= 15 is 0 Å². The molecule has 9 N–H and O–H groups in total. The normalized spacial score (nSPS) is 18.7. The summed E-state index contributed by atoms with van der Waals surface area (Å²) in [6.45, 7) is 0. The Balaban J connectivity index is 0.00000259. The van der Waals surface area contributed by atoms with Crippen molar-refractivity contribution in [3.8, 4) is 22.5 Å². The van der Waals surface area contributed by atoms with Crippen molar-refractivity contribution in [3.63, 3.8) is 0 Å². The summed E-state index contributed by atoms with van der Waals surface area (Å²) in [4.78, 5) is 3.43. The summed E-state index contributed by atoms with van der Waals surface area (Å²) < 4.78 is 54.0. The molecule has 2 aromatic carbocycles. The number of anilines is 1. The first kappa shape index (κ1) is 23.3. The number of nitrogens with two attached hydrogens (primary N) is 2. The third kappa shape index (κ3) is 4.12. The summed E-state index contributed by atoms with van der Waals surface area (Å²) >= 11 is -1.69. The lowest BCUT2D eigenvalue weighted by atomic mass is 9.98. The molecule has 13 nitrogen and oxygen atoms in total. The van der Waals surface area contributed by atoms with Crippen LogP contribution >= 0.6 is 11.3 Å². The van der Waals surface area contributed by atoms with Crippen LogP contribution in [0.1, 0.15) is 6.42 Å². The number of nitrogen functional groups attached to an aromatic ring is 1. The SMILES string of the molecule is N.Nc1nc2c(-c3ccc(S(=O)(=O)N[C@@H]4C[C@H]4N)c(S(=O)[O-])c3-c3nn[nH]n3)cccc2s1. The smallest absolute Gasteiger partial charge is 0.242 e. The number of nitrogens with zero attached hydrogens (tertiary/aromatic N) is 4. The zero-order chi connectivity index (χ0) is 22.6. The highest BCUT2D eigenvalue weighted by Crippen LogP contribution is 2.41. The number of thiazole rings is 1. The van der Waals surface area contributed by atoms with Gasteiger partial charge in [0.25, 0.3) is 0 Å². The molecular formula is C17H18N9O4S3-. The van der Waals surface area contributed by atoms with E-state index in [9.17, 15) is 17.2 Å². The van der Waals surface area contributed by atoms with Gasteiger partial charge < -0.3 is 22.2 Å². The Kier molecular flexibility index (Phi) is 5.99. The van der Waals surface area contributed by atoms with E-state index in [-0.39, 0.29) is 23.6 Å². The van der Waals surface area contributed by atoms with Crippen LogP contribution in [0.3, 0.4) is 0 Å². The van der Waals surface area contributed by atoms with E-state index in [1.165, 1.54) is 23.5 Å². The molecule has 1 fully saturated rings. The van der Waals surface area contributed by atoms with Crippen LogP contribution in [0.15, 0.2) is 40.1 Å². The summed E-state index contributed by atoms with van der Waals surface area (Å²) in [7, 11) is -4.20. The maximum atomic E-state index is 13.0. The number of para-hydroxylation sites is 1. The minimum Gasteiger partial charge on any atom is -0.768 e. The fraction of sp³-hybridized carbons (Fsp3) is 0.176. The highest BCUT2D eigenvalue weighted by Gasteiger charge is 2.38. The fourth-order valence-corrected chi connectivity index (χ4v) is 6.74. The molecular weight excluding hydrogens is 490 g/mol. The standard InChI is InChI=1S/C17H16N8O4S3.H3N/c18-9-6-10(9)23-32(28,29)12-5-4-7(8-2-1-3-11-14(8)20-17(19)30-11)13(15(12)31(26)27)16-21-24-25-22-16;/h1-5,9-10,23H,6,18H2,(H2,19,20)(H,26,27)(H,21,22,24,25);1H3/p-1/t9-,10-;/m1./s1. The van der Waals surface area contributed by atoms with Crippen LogP contribution in [-0.2, 0) is 21.1 Å². The minimum absolute atomic E-state index is 0. The number of sulfonamides is 1. The van der Waals surface area contributed by atoms with Gasteiger partial charge in [0.05, 0.1) is 20.0 Å². The van der Waals surface area contributed by atoms with Crippen molar-refractivity contribution >= 4 is 47.8 Å². The Morgan fingerprint density at radius 3 is 2.64 bits per heavy atom. The Hall–Kier alpha value is -2.86. The molecule has 16 heteroatoms. The van der Waals surface area contributed by atoms with Gasteiger partial charge in [-0.15, -0.1) is 10.2 Å². The number of H-pyrrole nitrogens is 1. The number of aromatic amines is 1. The van der Waals surface area contributed by atoms with Crippen LogP contribution < -0.4 is 22.3 Å². The van der Waals surface area contributed by atoms with E-state index in [0.29, 0.717) is 28.2 Å². The van der Waals surface area contributed by atoms with Gasteiger partial charge in [-0.05, 0) is 40.4 Å². The number of tetrazole rings is 1. The molecule has 2 aromatic heterocycles. The quantitative estimate of drug-likeness (QED) is 0.224. The molecule has 5 rings (SSSR count). The molecule has 2 heterocycles. The van der Waals surface area contributed by atoms with Crippen LogP contribution in [0.5, 0.6) is 0 Å². The molecule has 3 atom stereocenters. The van der Waals surface area contributed by atoms with E-state index in [2.05, 4.69) is 30.3 Å². The van der Waals surface area contributed by atoms with Gasteiger partial charge in [0.1, 0.15) is 0 Å². The number of fused-ring (bicyclic) bond motifs is 1. The highest BCUT2D eigenvalue weighted by molar-refractivity contribution is 7.90. The second-order valence-corrected chi connectivity index (χ2v) is 10.7. The molecule has 1 saturated carbocycles. The summed E-state index contributed by atoms with van der Waals surface area (Å²) in [6, 6.07) is 7.29. The van der Waals surface area contributed by atoms with Gasteiger partial charge in [-0.1, -0.05) is 29.5 Å². The van der Waals surface area contributed by atoms with Crippen LogP contribution in [0, 0.1) is 0 Å². The van der Waals surface area contributed by atoms with Crippen LogP contribution in [-0.4, -0.2) is 54.9 Å². The topological polar surface area (TPSA) is 241 Å². The molecule has 174 valence electrons. The second kappa shape index (κ2) is 8.49. The number of benzene rings is 2. The fourth-order valence-electron chi connectivity index (χ4n) is 3.45. The first-order valence-corrected chi connectivity index (χ1v) is 12.6. The first-order valence-electron chi connectivity index (χ1n) is 9.19. The summed E-state index contributed by atoms with van der Waals surface area (Å²) in [5.41, 5.74) is 13.0. The molecule has 1 aliphatic rings. The molecule has 0 bridgehead atoms. The van der Waals surface area contributed by atoms with Crippen molar-refractivity contribution in [1.82, 2.24) is 36.5 Å². The van der Waals surface area contributed by atoms with E-state index in [1.807, 2.05) is 6.07 Å². The molecule has 1 aliphatic carbocycles. The molecule has 1 unspecified atom stereocenters. The molecule has 0 saturated heterocycles. The third-order valence-corrected chi connectivity index (χ3v) is 8.29. The van der Waals surface area contributed by atoms with Gasteiger partial charge in [0, 0.05) is 23.2 Å². The third-order valence-electron chi connectivity index (χ3n) is 5.02. The lowest BCUT2D eigenvalue weighted by molar-refractivity contribution is 0.532. The summed E-state index contributed by atoms with van der Waals surface area (Å²) in [5, 5.41) is 13.9. The summed E-state index contributed by atoms with van der Waals surface area (Å²) in [6.07, 6.45) is 0.470. The van der Waals surface area contributed by atoms with Crippen molar-refractivity contribution in [2.45, 2.75) is 28.3 Å². The Labute approximate surface area is 193 Å². The number of rotatable bonds is 6. The van der Waals surface area contributed by atoms with E-state index < -0.39 is 36.9 Å². The average Bonchev–Trinajstić information content (AvgIpc) is 3.14. The monoisotopic (exact) mass is 508 g/mol. The van der Waals surface area contributed by atoms with Gasteiger partial charge in [-0.25, -0.2) is 18.1 Å². The van der Waals surface area contributed by atoms with Crippen LogP contribution in [0.25, 0.3) is 32.7 Å². The predicted octanol–water partition coefficient (Wildman–Crippen LogP) is 0.503. The molecule has 4 aromatic rings. The minimum atomic E-state index is -4.20. The molecule has 0 aliphatic heterocycles. The zero-order valence-electron chi connectivity index (χ0n) is 16.8. The molecule has 0 radical (unpaired) electrons. The number of hydrogen-bond acceptors (Lipinski definition) is 12. The van der Waals surface area contributed by atoms with Gasteiger partial charge in [-0.2, -0.15) is 5.21 Å². The van der Waals surface area contributed by atoms with Gasteiger partial charge in [0.15, 0.2) is 5.13 Å². The van der Waals surface area contributed by atoms with Crippen molar-refractivity contribution in [1.29, 1.82) is 0 Å². The predicted molar refractivity (Wildman–Crippen MR) is 122 cm³/mol. The Morgan fingerprint density at radius 1 is 1.24 bits per heavy atom. The lowest BCUT2D eigenvalue weighted by Gasteiger charge is -2.19. The van der Waals surface area contributed by atoms with Gasteiger partial charge in [0.2, 0.25) is 15.8 Å². The van der Waals surface area contributed by atoms with Gasteiger partial charge >= 0.3 is 0 Å². The number of aromatic nitrogens is 5. The maximum absolute atomic E-state index is 13.0.